The Kier molecular flexibility index (Phi) is 5.29. The number of nitrogens with zero attached hydrogens (tertiary/aromatic N) is 2. The van der Waals surface area contributed by atoms with Crippen molar-refractivity contribution < 1.29 is 13.9 Å². The van der Waals surface area contributed by atoms with Crippen molar-refractivity contribution in [2.75, 3.05) is 7.11 Å². The third kappa shape index (κ3) is 3.99. The number of aromatic nitrogens is 1. The van der Waals surface area contributed by atoms with Gasteiger partial charge in [-0.2, -0.15) is 0 Å². The summed E-state index contributed by atoms with van der Waals surface area (Å²) >= 11 is 0. The Balaban J connectivity index is 1.63. The van der Waals surface area contributed by atoms with E-state index in [1.165, 1.54) is 12.7 Å². The minimum absolute atomic E-state index is 0.205. The lowest BCUT2D eigenvalue weighted by molar-refractivity contribution is 0.0563. The molecule has 5 heteroatoms. The van der Waals surface area contributed by atoms with Gasteiger partial charge in [-0.25, -0.2) is 4.79 Å². The summed E-state index contributed by atoms with van der Waals surface area (Å²) in [4.78, 5) is 16.3. The van der Waals surface area contributed by atoms with Crippen molar-refractivity contribution in [3.05, 3.63) is 89.5 Å². The van der Waals surface area contributed by atoms with Gasteiger partial charge in [0.1, 0.15) is 5.76 Å². The van der Waals surface area contributed by atoms with Gasteiger partial charge in [-0.15, -0.1) is 0 Å². The standard InChI is InChI=1S/C24H22N2O3/c1-3-17-8-10-19(11-9-17)25-14-18-15-26(22-7-5-4-6-21(18)22)16-20-12-13-23(29-20)24(27)28-2/h4-15H,3,16H2,1-2H3. The Morgan fingerprint density at radius 3 is 2.66 bits per heavy atom. The van der Waals surface area contributed by atoms with Crippen molar-refractivity contribution in [1.29, 1.82) is 0 Å². The summed E-state index contributed by atoms with van der Waals surface area (Å²) in [6, 6.07) is 19.9. The topological polar surface area (TPSA) is 56.7 Å². The summed E-state index contributed by atoms with van der Waals surface area (Å²) in [5.74, 6) is 0.414. The van der Waals surface area contributed by atoms with Gasteiger partial charge in [0.2, 0.25) is 5.76 Å². The molecule has 0 aliphatic rings. The van der Waals surface area contributed by atoms with E-state index in [1.807, 2.05) is 30.5 Å². The first-order valence-electron chi connectivity index (χ1n) is 9.56. The first-order valence-corrected chi connectivity index (χ1v) is 9.56. The zero-order chi connectivity index (χ0) is 20.2. The molecule has 5 nitrogen and oxygen atoms in total. The normalized spacial score (nSPS) is 11.4. The molecule has 146 valence electrons. The highest BCUT2D eigenvalue weighted by Gasteiger charge is 2.13. The van der Waals surface area contributed by atoms with E-state index in [0.29, 0.717) is 12.3 Å². The van der Waals surface area contributed by atoms with Crippen molar-refractivity contribution >= 4 is 28.8 Å². The molecule has 0 atom stereocenters. The van der Waals surface area contributed by atoms with Crippen molar-refractivity contribution in [2.24, 2.45) is 4.99 Å². The van der Waals surface area contributed by atoms with E-state index in [1.54, 1.807) is 12.1 Å². The molecule has 2 aromatic heterocycles. The SMILES string of the molecule is CCc1ccc(N=Cc2cn(Cc3ccc(C(=O)OC)o3)c3ccccc23)cc1. The molecular formula is C24H22N2O3. The lowest BCUT2D eigenvalue weighted by Crippen LogP contribution is -1.99. The second-order valence-electron chi connectivity index (χ2n) is 6.77. The smallest absolute Gasteiger partial charge is 0.373 e. The Hall–Kier alpha value is -3.60. The van der Waals surface area contributed by atoms with Crippen molar-refractivity contribution in [3.63, 3.8) is 0 Å². The van der Waals surface area contributed by atoms with Crippen LogP contribution in [0.2, 0.25) is 0 Å². The summed E-state index contributed by atoms with van der Waals surface area (Å²) in [6.45, 7) is 2.65. The zero-order valence-corrected chi connectivity index (χ0v) is 16.5. The molecule has 4 aromatic rings. The van der Waals surface area contributed by atoms with E-state index in [-0.39, 0.29) is 5.76 Å². The number of aliphatic imine (C=N–C) groups is 1. The number of ether oxygens (including phenoxy) is 1. The molecule has 0 aliphatic carbocycles. The van der Waals surface area contributed by atoms with Crippen LogP contribution in [-0.4, -0.2) is 23.9 Å². The first kappa shape index (κ1) is 18.7. The van der Waals surface area contributed by atoms with Crippen molar-refractivity contribution in [3.8, 4) is 0 Å². The molecule has 0 spiro atoms. The largest absolute Gasteiger partial charge is 0.463 e. The van der Waals surface area contributed by atoms with Crippen LogP contribution >= 0.6 is 0 Å². The van der Waals surface area contributed by atoms with Gasteiger partial charge in [0.05, 0.1) is 19.3 Å². The molecule has 0 saturated carbocycles. The fourth-order valence-electron chi connectivity index (χ4n) is 3.31. The van der Waals surface area contributed by atoms with E-state index in [0.717, 1.165) is 28.6 Å². The highest BCUT2D eigenvalue weighted by Crippen LogP contribution is 2.23. The zero-order valence-electron chi connectivity index (χ0n) is 16.5. The number of para-hydroxylation sites is 1. The maximum absolute atomic E-state index is 11.6. The molecule has 0 radical (unpaired) electrons. The molecule has 0 unspecified atom stereocenters. The second-order valence-corrected chi connectivity index (χ2v) is 6.77. The Bertz CT molecular complexity index is 1170. The van der Waals surface area contributed by atoms with Crippen LogP contribution in [0.25, 0.3) is 10.9 Å². The van der Waals surface area contributed by atoms with Crippen LogP contribution in [0.1, 0.15) is 34.4 Å². The van der Waals surface area contributed by atoms with Crippen LogP contribution in [0.15, 0.2) is 76.3 Å². The predicted molar refractivity (Wildman–Crippen MR) is 114 cm³/mol. The number of aryl methyl sites for hydroxylation is 1. The molecule has 2 heterocycles. The van der Waals surface area contributed by atoms with Crippen LogP contribution in [0.3, 0.4) is 0 Å². The highest BCUT2D eigenvalue weighted by molar-refractivity contribution is 6.00. The fourth-order valence-corrected chi connectivity index (χ4v) is 3.31. The third-order valence-electron chi connectivity index (χ3n) is 4.89. The monoisotopic (exact) mass is 386 g/mol. The number of benzene rings is 2. The molecule has 2 aromatic carbocycles. The lowest BCUT2D eigenvalue weighted by atomic mass is 10.1. The molecule has 4 rings (SSSR count). The number of rotatable bonds is 6. The molecular weight excluding hydrogens is 364 g/mol. The average Bonchev–Trinajstić information content (AvgIpc) is 3.37. The van der Waals surface area contributed by atoms with E-state index >= 15 is 0 Å². The number of hydrogen-bond acceptors (Lipinski definition) is 4. The molecule has 29 heavy (non-hydrogen) atoms. The average molecular weight is 386 g/mol. The van der Waals surface area contributed by atoms with E-state index in [9.17, 15) is 4.79 Å². The summed E-state index contributed by atoms with van der Waals surface area (Å²) in [7, 11) is 1.34. The highest BCUT2D eigenvalue weighted by atomic mass is 16.5. The number of carbonyl (C=O) groups excluding carboxylic acids is 1. The van der Waals surface area contributed by atoms with Crippen LogP contribution in [0.4, 0.5) is 5.69 Å². The van der Waals surface area contributed by atoms with Gasteiger partial charge in [0.25, 0.3) is 0 Å². The number of hydrogen-bond donors (Lipinski definition) is 0. The summed E-state index contributed by atoms with van der Waals surface area (Å²) in [5, 5.41) is 1.11. The van der Waals surface area contributed by atoms with E-state index in [2.05, 4.69) is 46.9 Å². The Labute approximate surface area is 169 Å². The van der Waals surface area contributed by atoms with E-state index in [4.69, 9.17) is 9.15 Å². The number of fused-ring (bicyclic) bond motifs is 1. The number of furan rings is 1. The summed E-state index contributed by atoms with van der Waals surface area (Å²) in [6.07, 6.45) is 4.96. The van der Waals surface area contributed by atoms with Crippen LogP contribution in [0.5, 0.6) is 0 Å². The number of methoxy groups -OCH3 is 1. The maximum atomic E-state index is 11.6. The molecule has 0 saturated heterocycles. The molecule has 0 bridgehead atoms. The summed E-state index contributed by atoms with van der Waals surface area (Å²) < 4.78 is 12.4. The number of esters is 1. The van der Waals surface area contributed by atoms with Gasteiger partial charge in [0, 0.05) is 28.9 Å². The van der Waals surface area contributed by atoms with E-state index < -0.39 is 5.97 Å². The van der Waals surface area contributed by atoms with Crippen LogP contribution in [-0.2, 0) is 17.7 Å². The maximum Gasteiger partial charge on any atom is 0.373 e. The Morgan fingerprint density at radius 1 is 1.10 bits per heavy atom. The minimum atomic E-state index is -0.476. The van der Waals surface area contributed by atoms with Crippen molar-refractivity contribution in [1.82, 2.24) is 4.57 Å². The fraction of sp³-hybridized carbons (Fsp3) is 0.167. The van der Waals surface area contributed by atoms with Crippen LogP contribution in [0, 0.1) is 0 Å². The quantitative estimate of drug-likeness (QED) is 0.330. The minimum Gasteiger partial charge on any atom is -0.463 e. The third-order valence-corrected chi connectivity index (χ3v) is 4.89. The van der Waals surface area contributed by atoms with Gasteiger partial charge < -0.3 is 13.7 Å². The van der Waals surface area contributed by atoms with Gasteiger partial charge in [-0.05, 0) is 42.3 Å². The van der Waals surface area contributed by atoms with Crippen molar-refractivity contribution in [2.45, 2.75) is 19.9 Å². The lowest BCUT2D eigenvalue weighted by Gasteiger charge is -2.02. The molecule has 0 fully saturated rings. The number of carbonyl (C=O) groups is 1. The molecule has 0 N–H and O–H groups in total. The van der Waals surface area contributed by atoms with Crippen LogP contribution < -0.4 is 0 Å². The van der Waals surface area contributed by atoms with Gasteiger partial charge >= 0.3 is 5.97 Å². The first-order chi connectivity index (χ1) is 14.2. The second kappa shape index (κ2) is 8.19. The van der Waals surface area contributed by atoms with Gasteiger partial charge in [-0.3, -0.25) is 4.99 Å². The van der Waals surface area contributed by atoms with Gasteiger partial charge in [-0.1, -0.05) is 37.3 Å². The van der Waals surface area contributed by atoms with Gasteiger partial charge in [0.15, 0.2) is 0 Å². The molecule has 0 aliphatic heterocycles. The summed E-state index contributed by atoms with van der Waals surface area (Å²) in [5.41, 5.74) is 4.32. The molecule has 0 amide bonds. The Morgan fingerprint density at radius 2 is 1.90 bits per heavy atom. The predicted octanol–water partition coefficient (Wildman–Crippen LogP) is 5.38.